The summed E-state index contributed by atoms with van der Waals surface area (Å²) in [6.07, 6.45) is 0. The van der Waals surface area contributed by atoms with Crippen LogP contribution in [0.1, 0.15) is 18.1 Å². The number of nitrogens with one attached hydrogen (secondary N) is 1. The van der Waals surface area contributed by atoms with E-state index in [1.165, 1.54) is 5.56 Å². The number of hydrogen-bond acceptors (Lipinski definition) is 4. The summed E-state index contributed by atoms with van der Waals surface area (Å²) < 4.78 is 0. The highest BCUT2D eigenvalue weighted by molar-refractivity contribution is 6.30. The highest BCUT2D eigenvalue weighted by atomic mass is 35.5. The van der Waals surface area contributed by atoms with Gasteiger partial charge < -0.3 is 0 Å². The summed E-state index contributed by atoms with van der Waals surface area (Å²) in [5.74, 6) is -0.0977. The number of benzene rings is 2. The molecule has 1 aliphatic rings. The predicted molar refractivity (Wildman–Crippen MR) is 115 cm³/mol. The van der Waals surface area contributed by atoms with Crippen molar-refractivity contribution in [3.05, 3.63) is 69.7 Å². The van der Waals surface area contributed by atoms with Crippen LogP contribution in [-0.4, -0.2) is 54.1 Å². The summed E-state index contributed by atoms with van der Waals surface area (Å²) in [6.45, 7) is 6.71. The lowest BCUT2D eigenvalue weighted by Gasteiger charge is -2.34. The van der Waals surface area contributed by atoms with E-state index < -0.39 is 0 Å². The molecule has 0 radical (unpaired) electrons. The maximum absolute atomic E-state index is 12.2. The van der Waals surface area contributed by atoms with E-state index in [4.69, 9.17) is 23.2 Å². The lowest BCUT2D eigenvalue weighted by Crippen LogP contribution is -2.48. The van der Waals surface area contributed by atoms with Crippen LogP contribution in [0.3, 0.4) is 0 Å². The SMILES string of the molecule is CC(=NNC(=O)CN1CCN(Cc2ccc(Cl)cc2)CC1)c1ccc(Cl)cc1. The molecule has 7 heteroatoms. The fourth-order valence-electron chi connectivity index (χ4n) is 3.09. The molecule has 2 aromatic rings. The maximum Gasteiger partial charge on any atom is 0.254 e. The molecule has 1 saturated heterocycles. The Hall–Kier alpha value is -1.92. The van der Waals surface area contributed by atoms with Crippen molar-refractivity contribution in [3.63, 3.8) is 0 Å². The van der Waals surface area contributed by atoms with E-state index in [2.05, 4.69) is 32.5 Å². The molecule has 0 aliphatic carbocycles. The third kappa shape index (κ3) is 6.31. The van der Waals surface area contributed by atoms with Crippen LogP contribution in [0.15, 0.2) is 53.6 Å². The zero-order valence-corrected chi connectivity index (χ0v) is 17.4. The van der Waals surface area contributed by atoms with Crippen molar-refractivity contribution in [2.24, 2.45) is 5.10 Å². The van der Waals surface area contributed by atoms with Gasteiger partial charge in [-0.05, 0) is 42.3 Å². The maximum atomic E-state index is 12.2. The van der Waals surface area contributed by atoms with Crippen LogP contribution in [-0.2, 0) is 11.3 Å². The molecule has 1 fully saturated rings. The largest absolute Gasteiger partial charge is 0.297 e. The molecule has 1 amide bonds. The van der Waals surface area contributed by atoms with Crippen molar-refractivity contribution in [1.29, 1.82) is 0 Å². The molecule has 2 aromatic carbocycles. The van der Waals surface area contributed by atoms with Crippen LogP contribution >= 0.6 is 23.2 Å². The van der Waals surface area contributed by atoms with E-state index in [-0.39, 0.29) is 5.91 Å². The van der Waals surface area contributed by atoms with E-state index in [0.717, 1.165) is 49.0 Å². The molecule has 1 aliphatic heterocycles. The monoisotopic (exact) mass is 418 g/mol. The first kappa shape index (κ1) is 20.8. The third-order valence-electron chi connectivity index (χ3n) is 4.76. The summed E-state index contributed by atoms with van der Waals surface area (Å²) in [7, 11) is 0. The number of nitrogens with zero attached hydrogens (tertiary/aromatic N) is 3. The van der Waals surface area contributed by atoms with E-state index in [9.17, 15) is 4.79 Å². The molecule has 5 nitrogen and oxygen atoms in total. The summed E-state index contributed by atoms with van der Waals surface area (Å²) in [4.78, 5) is 16.7. The van der Waals surface area contributed by atoms with E-state index in [0.29, 0.717) is 11.6 Å². The fourth-order valence-corrected chi connectivity index (χ4v) is 3.35. The van der Waals surface area contributed by atoms with E-state index in [1.54, 1.807) is 12.1 Å². The lowest BCUT2D eigenvalue weighted by atomic mass is 10.1. The zero-order valence-electron chi connectivity index (χ0n) is 15.9. The minimum absolute atomic E-state index is 0.0977. The van der Waals surface area contributed by atoms with Gasteiger partial charge in [0.25, 0.3) is 5.91 Å². The topological polar surface area (TPSA) is 47.9 Å². The molecule has 0 unspecified atom stereocenters. The second-order valence-corrected chi connectivity index (χ2v) is 7.79. The van der Waals surface area contributed by atoms with Gasteiger partial charge in [-0.25, -0.2) is 5.43 Å². The number of amides is 1. The highest BCUT2D eigenvalue weighted by Gasteiger charge is 2.19. The summed E-state index contributed by atoms with van der Waals surface area (Å²) in [5, 5.41) is 5.63. The third-order valence-corrected chi connectivity index (χ3v) is 5.27. The van der Waals surface area contributed by atoms with Gasteiger partial charge in [0.2, 0.25) is 0 Å². The molecule has 28 heavy (non-hydrogen) atoms. The number of halogens is 2. The molecular formula is C21H24Cl2N4O. The highest BCUT2D eigenvalue weighted by Crippen LogP contribution is 2.13. The standard InChI is InChI=1S/C21H24Cl2N4O/c1-16(18-4-8-20(23)9-5-18)24-25-21(28)15-27-12-10-26(11-13-27)14-17-2-6-19(22)7-3-17/h2-9H,10-15H2,1H3,(H,25,28). The first-order valence-corrected chi connectivity index (χ1v) is 10.0. The molecule has 0 spiro atoms. The van der Waals surface area contributed by atoms with E-state index >= 15 is 0 Å². The number of rotatable bonds is 6. The Morgan fingerprint density at radius 2 is 1.46 bits per heavy atom. The molecule has 0 atom stereocenters. The van der Waals surface area contributed by atoms with Gasteiger partial charge in [-0.2, -0.15) is 5.10 Å². The first-order valence-electron chi connectivity index (χ1n) is 9.28. The Kier molecular flexibility index (Phi) is 7.45. The summed E-state index contributed by atoms with van der Waals surface area (Å²) >= 11 is 11.8. The average molecular weight is 419 g/mol. The first-order chi connectivity index (χ1) is 13.5. The van der Waals surface area contributed by atoms with Gasteiger partial charge in [-0.15, -0.1) is 0 Å². The van der Waals surface area contributed by atoms with Crippen LogP contribution < -0.4 is 5.43 Å². The Morgan fingerprint density at radius 1 is 0.929 bits per heavy atom. The van der Waals surface area contributed by atoms with Crippen LogP contribution in [0.5, 0.6) is 0 Å². The van der Waals surface area contributed by atoms with Crippen LogP contribution in [0.2, 0.25) is 10.0 Å². The number of piperazine rings is 1. The van der Waals surface area contributed by atoms with Gasteiger partial charge in [-0.1, -0.05) is 47.5 Å². The number of hydrazone groups is 1. The molecule has 3 rings (SSSR count). The Balaban J connectivity index is 1.41. The molecule has 0 aromatic heterocycles. The predicted octanol–water partition coefficient (Wildman–Crippen LogP) is 3.65. The average Bonchev–Trinajstić information content (AvgIpc) is 2.70. The zero-order chi connectivity index (χ0) is 19.9. The van der Waals surface area contributed by atoms with Crippen molar-refractivity contribution < 1.29 is 4.79 Å². The van der Waals surface area contributed by atoms with Crippen molar-refractivity contribution in [2.75, 3.05) is 32.7 Å². The number of hydrogen-bond donors (Lipinski definition) is 1. The minimum Gasteiger partial charge on any atom is -0.297 e. The number of carbonyl (C=O) groups excluding carboxylic acids is 1. The van der Waals surface area contributed by atoms with Gasteiger partial charge in [0.05, 0.1) is 12.3 Å². The number of carbonyl (C=O) groups is 1. The van der Waals surface area contributed by atoms with Gasteiger partial charge in [0, 0.05) is 42.8 Å². The van der Waals surface area contributed by atoms with Crippen molar-refractivity contribution in [2.45, 2.75) is 13.5 Å². The Labute approximate surface area is 175 Å². The van der Waals surface area contributed by atoms with Gasteiger partial charge >= 0.3 is 0 Å². The van der Waals surface area contributed by atoms with Gasteiger partial charge in [-0.3, -0.25) is 14.6 Å². The van der Waals surface area contributed by atoms with Crippen LogP contribution in [0.25, 0.3) is 0 Å². The Bertz CT molecular complexity index is 813. The van der Waals surface area contributed by atoms with Gasteiger partial charge in [0.1, 0.15) is 0 Å². The summed E-state index contributed by atoms with van der Waals surface area (Å²) in [5.41, 5.74) is 5.58. The quantitative estimate of drug-likeness (QED) is 0.575. The molecule has 0 saturated carbocycles. The summed E-state index contributed by atoms with van der Waals surface area (Å²) in [6, 6.07) is 15.3. The Morgan fingerprint density at radius 3 is 2.07 bits per heavy atom. The van der Waals surface area contributed by atoms with Gasteiger partial charge in [0.15, 0.2) is 0 Å². The van der Waals surface area contributed by atoms with Crippen molar-refractivity contribution in [3.8, 4) is 0 Å². The van der Waals surface area contributed by atoms with Crippen LogP contribution in [0.4, 0.5) is 0 Å². The molecule has 1 heterocycles. The fraction of sp³-hybridized carbons (Fsp3) is 0.333. The molecular weight excluding hydrogens is 395 g/mol. The van der Waals surface area contributed by atoms with Crippen molar-refractivity contribution >= 4 is 34.8 Å². The molecule has 0 bridgehead atoms. The van der Waals surface area contributed by atoms with E-state index in [1.807, 2.05) is 31.2 Å². The molecule has 148 valence electrons. The van der Waals surface area contributed by atoms with Crippen LogP contribution in [0, 0.1) is 0 Å². The second kappa shape index (κ2) is 10.0. The lowest BCUT2D eigenvalue weighted by molar-refractivity contribution is -0.122. The smallest absolute Gasteiger partial charge is 0.254 e. The normalized spacial score (nSPS) is 16.2. The second-order valence-electron chi connectivity index (χ2n) is 6.92. The minimum atomic E-state index is -0.0977. The molecule has 1 N–H and O–H groups in total. The van der Waals surface area contributed by atoms with Crippen molar-refractivity contribution in [1.82, 2.24) is 15.2 Å².